The van der Waals surface area contributed by atoms with E-state index < -0.39 is 10.0 Å². The normalized spacial score (nSPS) is 15.8. The summed E-state index contributed by atoms with van der Waals surface area (Å²) in [5.41, 5.74) is 1.07. The molecule has 3 rings (SSSR count). The maximum Gasteiger partial charge on any atom is 0.240 e. The molecule has 1 saturated heterocycles. The van der Waals surface area contributed by atoms with Gasteiger partial charge in [-0.3, -0.25) is 9.69 Å². The van der Waals surface area contributed by atoms with Gasteiger partial charge in [-0.25, -0.2) is 13.1 Å². The van der Waals surface area contributed by atoms with Crippen molar-refractivity contribution in [1.29, 1.82) is 0 Å². The lowest BCUT2D eigenvalue weighted by molar-refractivity contribution is -0.121. The van der Waals surface area contributed by atoms with Crippen LogP contribution in [0.5, 0.6) is 5.75 Å². The number of carbonyl (C=O) groups is 1. The average molecular weight is 526 g/mol. The Balaban J connectivity index is 1.54. The summed E-state index contributed by atoms with van der Waals surface area (Å²) in [4.78, 5) is 14.9. The molecule has 0 spiro atoms. The lowest BCUT2D eigenvalue weighted by Crippen LogP contribution is -2.44. The Morgan fingerprint density at radius 2 is 1.78 bits per heavy atom. The molecule has 0 bridgehead atoms. The Bertz CT molecular complexity index is 978. The molecule has 2 aromatic rings. The maximum absolute atomic E-state index is 12.4. The Morgan fingerprint density at radius 3 is 2.41 bits per heavy atom. The van der Waals surface area contributed by atoms with Gasteiger partial charge in [0.1, 0.15) is 5.75 Å². The van der Waals surface area contributed by atoms with Crippen molar-refractivity contribution in [3.05, 3.63) is 58.6 Å². The molecule has 2 N–H and O–H groups in total. The number of hydrogen-bond acceptors (Lipinski definition) is 6. The van der Waals surface area contributed by atoms with Gasteiger partial charge in [0.25, 0.3) is 0 Å². The number of carbonyl (C=O) groups excluding carboxylic acids is 1. The van der Waals surface area contributed by atoms with Crippen LogP contribution in [0.15, 0.2) is 57.9 Å². The number of rotatable bonds is 10. The molecule has 2 aromatic carbocycles. The summed E-state index contributed by atoms with van der Waals surface area (Å²) in [6.45, 7) is 3.30. The van der Waals surface area contributed by atoms with Gasteiger partial charge in [0.2, 0.25) is 15.9 Å². The van der Waals surface area contributed by atoms with E-state index in [0.717, 1.165) is 28.9 Å². The van der Waals surface area contributed by atoms with Gasteiger partial charge >= 0.3 is 0 Å². The number of nitrogens with one attached hydrogen (secondary N) is 2. The minimum Gasteiger partial charge on any atom is -0.497 e. The summed E-state index contributed by atoms with van der Waals surface area (Å²) in [5, 5.41) is 2.95. The summed E-state index contributed by atoms with van der Waals surface area (Å²) in [6, 6.07) is 14.1. The lowest BCUT2D eigenvalue weighted by atomic mass is 10.0. The summed E-state index contributed by atoms with van der Waals surface area (Å²) < 4.78 is 38.7. The van der Waals surface area contributed by atoms with Crippen molar-refractivity contribution in [3.8, 4) is 5.75 Å². The number of methoxy groups -OCH3 is 1. The second-order valence-corrected chi connectivity index (χ2v) is 10.0. The third kappa shape index (κ3) is 7.01. The van der Waals surface area contributed by atoms with Gasteiger partial charge in [0.05, 0.1) is 31.3 Å². The molecule has 32 heavy (non-hydrogen) atoms. The highest BCUT2D eigenvalue weighted by Gasteiger charge is 2.23. The third-order valence-electron chi connectivity index (χ3n) is 5.25. The number of nitrogens with zero attached hydrogens (tertiary/aromatic N) is 1. The molecule has 1 aliphatic heterocycles. The predicted molar refractivity (Wildman–Crippen MR) is 125 cm³/mol. The Labute approximate surface area is 197 Å². The van der Waals surface area contributed by atoms with Crippen molar-refractivity contribution in [3.63, 3.8) is 0 Å². The highest BCUT2D eigenvalue weighted by Crippen LogP contribution is 2.23. The topological polar surface area (TPSA) is 97.0 Å². The van der Waals surface area contributed by atoms with Gasteiger partial charge in [-0.1, -0.05) is 28.1 Å². The molecule has 1 fully saturated rings. The molecule has 0 aliphatic carbocycles. The van der Waals surface area contributed by atoms with Gasteiger partial charge in [0.15, 0.2) is 0 Å². The molecule has 1 heterocycles. The molecular weight excluding hydrogens is 498 g/mol. The van der Waals surface area contributed by atoms with Gasteiger partial charge in [-0.05, 0) is 42.0 Å². The molecular formula is C22H28BrN3O5S. The summed E-state index contributed by atoms with van der Waals surface area (Å²) in [5.74, 6) is 0.562. The van der Waals surface area contributed by atoms with E-state index >= 15 is 0 Å². The van der Waals surface area contributed by atoms with Crippen LogP contribution in [0.2, 0.25) is 0 Å². The Hall–Kier alpha value is -1.98. The van der Waals surface area contributed by atoms with E-state index in [1.54, 1.807) is 19.2 Å². The van der Waals surface area contributed by atoms with E-state index in [9.17, 15) is 13.2 Å². The highest BCUT2D eigenvalue weighted by molar-refractivity contribution is 9.10. The van der Waals surface area contributed by atoms with Crippen molar-refractivity contribution in [2.45, 2.75) is 17.4 Å². The first-order chi connectivity index (χ1) is 15.4. The Morgan fingerprint density at radius 1 is 1.12 bits per heavy atom. The number of ether oxygens (including phenoxy) is 2. The molecule has 0 radical (unpaired) electrons. The van der Waals surface area contributed by atoms with Crippen molar-refractivity contribution < 1.29 is 22.7 Å². The second-order valence-electron chi connectivity index (χ2n) is 7.34. The van der Waals surface area contributed by atoms with E-state index in [-0.39, 0.29) is 29.8 Å². The molecule has 1 aliphatic rings. The number of sulfonamides is 1. The quantitative estimate of drug-likeness (QED) is 0.494. The fourth-order valence-corrected chi connectivity index (χ4v) is 4.76. The van der Waals surface area contributed by atoms with Crippen LogP contribution in [-0.4, -0.2) is 65.7 Å². The molecule has 8 nitrogen and oxygen atoms in total. The zero-order valence-corrected chi connectivity index (χ0v) is 20.3. The standard InChI is InChI=1S/C22H28BrN3O5S/c1-30-19-6-2-17(3-7-19)21(26-12-14-31-15-13-26)16-24-22(27)10-11-25-32(28,29)20-8-4-18(23)5-9-20/h2-9,21,25H,10-16H2,1H3,(H,24,27)/t21-/m0/s1. The van der Waals surface area contributed by atoms with Gasteiger partial charge in [0, 0.05) is 37.1 Å². The van der Waals surface area contributed by atoms with Crippen molar-refractivity contribution in [2.24, 2.45) is 0 Å². The highest BCUT2D eigenvalue weighted by atomic mass is 79.9. The number of amides is 1. The smallest absolute Gasteiger partial charge is 0.240 e. The first-order valence-electron chi connectivity index (χ1n) is 10.4. The van der Waals surface area contributed by atoms with Crippen LogP contribution in [0.1, 0.15) is 18.0 Å². The van der Waals surface area contributed by atoms with Gasteiger partial charge in [-0.2, -0.15) is 0 Å². The first kappa shape index (κ1) is 24.7. The van der Waals surface area contributed by atoms with Gasteiger partial charge < -0.3 is 14.8 Å². The molecule has 0 saturated carbocycles. The van der Waals surface area contributed by atoms with Gasteiger partial charge in [-0.15, -0.1) is 0 Å². The zero-order valence-electron chi connectivity index (χ0n) is 17.9. The monoisotopic (exact) mass is 525 g/mol. The number of halogens is 1. The number of morpholine rings is 1. The predicted octanol–water partition coefficient (Wildman–Crippen LogP) is 2.32. The molecule has 0 unspecified atom stereocenters. The average Bonchev–Trinajstić information content (AvgIpc) is 2.80. The molecule has 1 amide bonds. The summed E-state index contributed by atoms with van der Waals surface area (Å²) in [7, 11) is -2.03. The largest absolute Gasteiger partial charge is 0.497 e. The minimum atomic E-state index is -3.66. The SMILES string of the molecule is COc1ccc([C@H](CNC(=O)CCNS(=O)(=O)c2ccc(Br)cc2)N2CCOCC2)cc1. The van der Waals surface area contributed by atoms with Crippen LogP contribution >= 0.6 is 15.9 Å². The molecule has 10 heteroatoms. The van der Waals surface area contributed by atoms with Crippen molar-refractivity contribution in [1.82, 2.24) is 14.9 Å². The fraction of sp³-hybridized carbons (Fsp3) is 0.409. The van der Waals surface area contributed by atoms with Crippen LogP contribution in [0, 0.1) is 0 Å². The van der Waals surface area contributed by atoms with Crippen LogP contribution in [-0.2, 0) is 19.6 Å². The molecule has 174 valence electrons. The lowest BCUT2D eigenvalue weighted by Gasteiger charge is -2.35. The number of hydrogen-bond donors (Lipinski definition) is 2. The maximum atomic E-state index is 12.4. The number of benzene rings is 2. The van der Waals surface area contributed by atoms with Crippen LogP contribution in [0.3, 0.4) is 0 Å². The van der Waals surface area contributed by atoms with E-state index in [1.807, 2.05) is 24.3 Å². The zero-order chi connectivity index (χ0) is 23.0. The minimum absolute atomic E-state index is 0.00628. The van der Waals surface area contributed by atoms with E-state index in [4.69, 9.17) is 9.47 Å². The summed E-state index contributed by atoms with van der Waals surface area (Å²) >= 11 is 3.28. The Kier molecular flexibility index (Phi) is 9.06. The summed E-state index contributed by atoms with van der Waals surface area (Å²) in [6.07, 6.45) is 0.0498. The van der Waals surface area contributed by atoms with E-state index in [1.165, 1.54) is 12.1 Å². The van der Waals surface area contributed by atoms with Crippen LogP contribution < -0.4 is 14.8 Å². The van der Waals surface area contributed by atoms with Crippen LogP contribution in [0.4, 0.5) is 0 Å². The first-order valence-corrected chi connectivity index (χ1v) is 12.6. The van der Waals surface area contributed by atoms with E-state index in [0.29, 0.717) is 19.8 Å². The molecule has 1 atom stereocenters. The fourth-order valence-electron chi connectivity index (χ4n) is 3.47. The second kappa shape index (κ2) is 11.8. The molecule has 0 aromatic heterocycles. The third-order valence-corrected chi connectivity index (χ3v) is 7.25. The van der Waals surface area contributed by atoms with Crippen molar-refractivity contribution in [2.75, 3.05) is 46.5 Å². The van der Waals surface area contributed by atoms with Crippen LogP contribution in [0.25, 0.3) is 0 Å². The van der Waals surface area contributed by atoms with Crippen molar-refractivity contribution >= 4 is 31.9 Å². The van der Waals surface area contributed by atoms with E-state index in [2.05, 4.69) is 30.9 Å².